The average Bonchev–Trinajstić information content (AvgIpc) is 2.50. The van der Waals surface area contributed by atoms with Gasteiger partial charge in [-0.15, -0.1) is 0 Å². The fourth-order valence-corrected chi connectivity index (χ4v) is 2.62. The molecule has 3 heteroatoms. The molecule has 0 fully saturated rings. The standard InChI is InChI=1S/C18H26O3/c1-3-5-9-14(4-2)12-16(18(20)21)13-17(19)15-10-7-6-8-11-15/h6-8,10-11,14,16H,3-5,9,12-13H2,1-2H3,(H,20,21). The number of benzene rings is 1. The second-order valence-electron chi connectivity index (χ2n) is 5.68. The van der Waals surface area contributed by atoms with Crippen molar-refractivity contribution in [2.24, 2.45) is 11.8 Å². The normalized spacial score (nSPS) is 13.6. The first-order chi connectivity index (χ1) is 10.1. The Kier molecular flexibility index (Phi) is 7.73. The maximum Gasteiger partial charge on any atom is 0.306 e. The average molecular weight is 290 g/mol. The van der Waals surface area contributed by atoms with E-state index >= 15 is 0 Å². The van der Waals surface area contributed by atoms with Crippen LogP contribution in [0.3, 0.4) is 0 Å². The molecule has 0 spiro atoms. The number of carbonyl (C=O) groups is 2. The van der Waals surface area contributed by atoms with Crippen molar-refractivity contribution in [3.8, 4) is 0 Å². The topological polar surface area (TPSA) is 54.4 Å². The predicted molar refractivity (Wildman–Crippen MR) is 84.4 cm³/mol. The van der Waals surface area contributed by atoms with E-state index in [1.165, 1.54) is 0 Å². The number of hydrogen-bond acceptors (Lipinski definition) is 2. The van der Waals surface area contributed by atoms with Crippen LogP contribution in [-0.4, -0.2) is 16.9 Å². The van der Waals surface area contributed by atoms with Crippen molar-refractivity contribution in [2.75, 3.05) is 0 Å². The van der Waals surface area contributed by atoms with Gasteiger partial charge in [-0.3, -0.25) is 9.59 Å². The minimum absolute atomic E-state index is 0.0756. The quantitative estimate of drug-likeness (QED) is 0.642. The number of ketones is 1. The van der Waals surface area contributed by atoms with E-state index in [1.807, 2.05) is 6.07 Å². The number of unbranched alkanes of at least 4 members (excludes halogenated alkanes) is 1. The summed E-state index contributed by atoms with van der Waals surface area (Å²) in [5.41, 5.74) is 0.602. The highest BCUT2D eigenvalue weighted by atomic mass is 16.4. The van der Waals surface area contributed by atoms with Crippen LogP contribution in [0.15, 0.2) is 30.3 Å². The molecule has 2 atom stereocenters. The summed E-state index contributed by atoms with van der Waals surface area (Å²) in [6.45, 7) is 4.23. The fraction of sp³-hybridized carbons (Fsp3) is 0.556. The summed E-state index contributed by atoms with van der Waals surface area (Å²) in [5.74, 6) is -1.10. The Balaban J connectivity index is 2.65. The molecule has 0 bridgehead atoms. The first kappa shape index (κ1) is 17.4. The van der Waals surface area contributed by atoms with Crippen molar-refractivity contribution in [3.05, 3.63) is 35.9 Å². The molecule has 0 aromatic heterocycles. The van der Waals surface area contributed by atoms with Gasteiger partial charge < -0.3 is 5.11 Å². The van der Waals surface area contributed by atoms with Gasteiger partial charge in [0, 0.05) is 12.0 Å². The molecule has 0 saturated carbocycles. The fourth-order valence-electron chi connectivity index (χ4n) is 2.62. The van der Waals surface area contributed by atoms with Crippen molar-refractivity contribution < 1.29 is 14.7 Å². The minimum atomic E-state index is -0.853. The van der Waals surface area contributed by atoms with Crippen LogP contribution >= 0.6 is 0 Å². The molecule has 0 saturated heterocycles. The van der Waals surface area contributed by atoms with Gasteiger partial charge in [-0.1, -0.05) is 69.9 Å². The third-order valence-corrected chi connectivity index (χ3v) is 4.04. The van der Waals surface area contributed by atoms with Gasteiger partial charge in [0.15, 0.2) is 5.78 Å². The smallest absolute Gasteiger partial charge is 0.306 e. The van der Waals surface area contributed by atoms with Crippen molar-refractivity contribution >= 4 is 11.8 Å². The molecule has 1 aromatic carbocycles. The van der Waals surface area contributed by atoms with Crippen LogP contribution in [0.25, 0.3) is 0 Å². The molecule has 0 aliphatic carbocycles. The highest BCUT2D eigenvalue weighted by Crippen LogP contribution is 2.25. The lowest BCUT2D eigenvalue weighted by atomic mass is 9.85. The Morgan fingerprint density at radius 1 is 1.14 bits per heavy atom. The zero-order valence-electron chi connectivity index (χ0n) is 13.0. The molecule has 21 heavy (non-hydrogen) atoms. The zero-order valence-corrected chi connectivity index (χ0v) is 13.0. The van der Waals surface area contributed by atoms with Gasteiger partial charge in [-0.05, 0) is 12.3 Å². The van der Waals surface area contributed by atoms with Gasteiger partial charge in [-0.2, -0.15) is 0 Å². The highest BCUT2D eigenvalue weighted by molar-refractivity contribution is 5.97. The summed E-state index contributed by atoms with van der Waals surface area (Å²) in [4.78, 5) is 23.6. The largest absolute Gasteiger partial charge is 0.481 e. The van der Waals surface area contributed by atoms with E-state index in [1.54, 1.807) is 24.3 Å². The SMILES string of the molecule is CCCCC(CC)CC(CC(=O)c1ccccc1)C(=O)O. The van der Waals surface area contributed by atoms with Gasteiger partial charge in [0.05, 0.1) is 5.92 Å². The Hall–Kier alpha value is -1.64. The lowest BCUT2D eigenvalue weighted by molar-refractivity contribution is -0.142. The predicted octanol–water partition coefficient (Wildman–Crippen LogP) is 4.57. The molecule has 0 amide bonds. The van der Waals surface area contributed by atoms with Crippen molar-refractivity contribution in [1.82, 2.24) is 0 Å². The molecule has 0 heterocycles. The molecular formula is C18H26O3. The van der Waals surface area contributed by atoms with Crippen molar-refractivity contribution in [3.63, 3.8) is 0 Å². The summed E-state index contributed by atoms with van der Waals surface area (Å²) in [6, 6.07) is 8.95. The van der Waals surface area contributed by atoms with Crippen LogP contribution in [0.4, 0.5) is 0 Å². The maximum atomic E-state index is 12.2. The van der Waals surface area contributed by atoms with Crippen LogP contribution in [0, 0.1) is 11.8 Å². The number of carbonyl (C=O) groups excluding carboxylic acids is 1. The van der Waals surface area contributed by atoms with E-state index in [9.17, 15) is 14.7 Å². The summed E-state index contributed by atoms with van der Waals surface area (Å²) in [5, 5.41) is 9.39. The number of Topliss-reactive ketones (excluding diaryl/α,β-unsaturated/α-hetero) is 1. The van der Waals surface area contributed by atoms with Gasteiger partial charge in [0.1, 0.15) is 0 Å². The van der Waals surface area contributed by atoms with Crippen molar-refractivity contribution in [1.29, 1.82) is 0 Å². The second kappa shape index (κ2) is 9.32. The lowest BCUT2D eigenvalue weighted by Crippen LogP contribution is -2.21. The summed E-state index contributed by atoms with van der Waals surface area (Å²) in [6.07, 6.45) is 4.97. The summed E-state index contributed by atoms with van der Waals surface area (Å²) in [7, 11) is 0. The molecule has 116 valence electrons. The molecule has 1 aromatic rings. The first-order valence-corrected chi connectivity index (χ1v) is 7.89. The van der Waals surface area contributed by atoms with Gasteiger partial charge >= 0.3 is 5.97 Å². The monoisotopic (exact) mass is 290 g/mol. The van der Waals surface area contributed by atoms with E-state index in [4.69, 9.17) is 0 Å². The van der Waals surface area contributed by atoms with Crippen LogP contribution in [0.2, 0.25) is 0 Å². The van der Waals surface area contributed by atoms with Crippen LogP contribution in [0.1, 0.15) is 62.7 Å². The van der Waals surface area contributed by atoms with Gasteiger partial charge in [-0.25, -0.2) is 0 Å². The second-order valence-corrected chi connectivity index (χ2v) is 5.68. The number of aliphatic carboxylic acids is 1. The summed E-state index contributed by atoms with van der Waals surface area (Å²) >= 11 is 0. The molecule has 0 aliphatic rings. The van der Waals surface area contributed by atoms with Gasteiger partial charge in [0.2, 0.25) is 0 Å². The third kappa shape index (κ3) is 6.11. The van der Waals surface area contributed by atoms with Crippen LogP contribution in [0.5, 0.6) is 0 Å². The zero-order chi connectivity index (χ0) is 15.7. The number of hydrogen-bond donors (Lipinski definition) is 1. The van der Waals surface area contributed by atoms with E-state index in [2.05, 4.69) is 13.8 Å². The van der Waals surface area contributed by atoms with Crippen LogP contribution < -0.4 is 0 Å². The Morgan fingerprint density at radius 3 is 2.33 bits per heavy atom. The number of carboxylic acid groups (broad SMARTS) is 1. The molecule has 1 rings (SSSR count). The maximum absolute atomic E-state index is 12.2. The minimum Gasteiger partial charge on any atom is -0.481 e. The molecule has 1 N–H and O–H groups in total. The Morgan fingerprint density at radius 2 is 1.81 bits per heavy atom. The van der Waals surface area contributed by atoms with Crippen LogP contribution in [-0.2, 0) is 4.79 Å². The van der Waals surface area contributed by atoms with Gasteiger partial charge in [0.25, 0.3) is 0 Å². The highest BCUT2D eigenvalue weighted by Gasteiger charge is 2.24. The molecule has 0 aliphatic heterocycles. The first-order valence-electron chi connectivity index (χ1n) is 7.89. The summed E-state index contributed by atoms with van der Waals surface area (Å²) < 4.78 is 0. The molecule has 3 nitrogen and oxygen atoms in total. The molecular weight excluding hydrogens is 264 g/mol. The molecule has 0 radical (unpaired) electrons. The lowest BCUT2D eigenvalue weighted by Gasteiger charge is -2.19. The Labute approximate surface area is 127 Å². The molecule has 2 unspecified atom stereocenters. The number of carboxylic acids is 1. The van der Waals surface area contributed by atoms with E-state index in [-0.39, 0.29) is 12.2 Å². The van der Waals surface area contributed by atoms with E-state index in [0.29, 0.717) is 17.9 Å². The van der Waals surface area contributed by atoms with E-state index in [0.717, 1.165) is 25.7 Å². The third-order valence-electron chi connectivity index (χ3n) is 4.04. The Bertz CT molecular complexity index is 439. The van der Waals surface area contributed by atoms with E-state index < -0.39 is 11.9 Å². The number of rotatable bonds is 10. The van der Waals surface area contributed by atoms with Crippen molar-refractivity contribution in [2.45, 2.75) is 52.4 Å².